The lowest BCUT2D eigenvalue weighted by Gasteiger charge is -2.69. The Kier molecular flexibility index (Phi) is 6.68. The van der Waals surface area contributed by atoms with Crippen molar-refractivity contribution in [3.63, 3.8) is 0 Å². The molecule has 0 radical (unpaired) electrons. The molecular weight excluding hydrogens is 528 g/mol. The SMILES string of the molecule is C=C(Cc1ccccc1)N[C@]12CCC(C)(C)CC1C1C(=O)C=C3[C@@]4(C)C=C(C#N)C(=O)C(C)(C)[C@@H]4CC[C@@]3(C)[C@]1(C)CC2. The van der Waals surface area contributed by atoms with Crippen molar-refractivity contribution in [1.29, 1.82) is 5.26 Å². The molecule has 0 bridgehead atoms. The van der Waals surface area contributed by atoms with Gasteiger partial charge in [0.15, 0.2) is 11.6 Å². The molecule has 6 rings (SSSR count). The Morgan fingerprint density at radius 2 is 1.65 bits per heavy atom. The van der Waals surface area contributed by atoms with Gasteiger partial charge in [0.1, 0.15) is 6.07 Å². The molecule has 5 aliphatic rings. The molecule has 0 heterocycles. The fraction of sp³-hybridized carbons (Fsp3) is 0.615. The van der Waals surface area contributed by atoms with Crippen LogP contribution in [0.15, 0.2) is 65.9 Å². The standard InChI is InChI=1S/C39H50N2O2/c1-25(20-26-12-10-9-11-13-26)41-39-18-16-34(2,3)23-28(39)32-29(42)21-31-36(6)22-27(24-40)33(43)35(4,5)30(36)14-15-37(31,7)38(32,8)17-19-39/h9-13,21-22,28,30,32,41H,1,14-20,23H2,2-8H3/t28?,30-,32?,36-,37+,38+,39-/m0/s1. The maximum absolute atomic E-state index is 14.7. The first kappa shape index (κ1) is 30.1. The van der Waals surface area contributed by atoms with E-state index >= 15 is 0 Å². The summed E-state index contributed by atoms with van der Waals surface area (Å²) >= 11 is 0. The largest absolute Gasteiger partial charge is 0.383 e. The highest BCUT2D eigenvalue weighted by atomic mass is 16.1. The number of rotatable bonds is 4. The van der Waals surface area contributed by atoms with Gasteiger partial charge in [-0.15, -0.1) is 0 Å². The van der Waals surface area contributed by atoms with Crippen LogP contribution in [-0.4, -0.2) is 17.1 Å². The molecule has 4 heteroatoms. The van der Waals surface area contributed by atoms with Crippen LogP contribution in [0.3, 0.4) is 0 Å². The molecule has 228 valence electrons. The molecule has 3 saturated carbocycles. The number of hydrogen-bond acceptors (Lipinski definition) is 4. The zero-order chi connectivity index (χ0) is 31.2. The lowest BCUT2D eigenvalue weighted by atomic mass is 9.35. The van der Waals surface area contributed by atoms with Gasteiger partial charge in [-0.1, -0.05) is 97.0 Å². The highest BCUT2D eigenvalue weighted by Gasteiger charge is 2.69. The predicted molar refractivity (Wildman–Crippen MR) is 172 cm³/mol. The Morgan fingerprint density at radius 1 is 0.977 bits per heavy atom. The van der Waals surface area contributed by atoms with Gasteiger partial charge < -0.3 is 5.32 Å². The number of nitrogens with zero attached hydrogens (tertiary/aromatic N) is 1. The lowest BCUT2D eigenvalue weighted by molar-refractivity contribution is -0.160. The zero-order valence-corrected chi connectivity index (χ0v) is 27.4. The molecule has 5 aliphatic carbocycles. The van der Waals surface area contributed by atoms with Crippen LogP contribution in [-0.2, 0) is 16.0 Å². The van der Waals surface area contributed by atoms with Crippen LogP contribution in [0, 0.1) is 56.2 Å². The number of carbonyl (C=O) groups excluding carboxylic acids is 2. The minimum Gasteiger partial charge on any atom is -0.383 e. The van der Waals surface area contributed by atoms with E-state index < -0.39 is 10.8 Å². The Bertz CT molecular complexity index is 1490. The molecule has 43 heavy (non-hydrogen) atoms. The second kappa shape index (κ2) is 9.53. The van der Waals surface area contributed by atoms with E-state index in [9.17, 15) is 14.9 Å². The minimum absolute atomic E-state index is 0.0541. The van der Waals surface area contributed by atoms with Crippen molar-refractivity contribution in [3.8, 4) is 6.07 Å². The van der Waals surface area contributed by atoms with Gasteiger partial charge in [0.2, 0.25) is 0 Å². The summed E-state index contributed by atoms with van der Waals surface area (Å²) in [4.78, 5) is 28.1. The first-order valence-electron chi connectivity index (χ1n) is 16.5. The summed E-state index contributed by atoms with van der Waals surface area (Å²) in [6, 6.07) is 12.7. The third kappa shape index (κ3) is 4.20. The summed E-state index contributed by atoms with van der Waals surface area (Å²) in [6.45, 7) is 20.3. The molecule has 0 spiro atoms. The van der Waals surface area contributed by atoms with Crippen LogP contribution in [0.1, 0.15) is 99.0 Å². The van der Waals surface area contributed by atoms with Crippen molar-refractivity contribution >= 4 is 11.6 Å². The zero-order valence-electron chi connectivity index (χ0n) is 27.4. The van der Waals surface area contributed by atoms with E-state index in [0.29, 0.717) is 0 Å². The van der Waals surface area contributed by atoms with Gasteiger partial charge in [-0.2, -0.15) is 5.26 Å². The predicted octanol–water partition coefficient (Wildman–Crippen LogP) is 8.30. The van der Waals surface area contributed by atoms with Gasteiger partial charge >= 0.3 is 0 Å². The molecule has 0 aliphatic heterocycles. The van der Waals surface area contributed by atoms with Crippen LogP contribution < -0.4 is 5.32 Å². The molecule has 3 fully saturated rings. The minimum atomic E-state index is -0.643. The van der Waals surface area contributed by atoms with Gasteiger partial charge in [0.25, 0.3) is 0 Å². The van der Waals surface area contributed by atoms with E-state index in [1.165, 1.54) is 5.56 Å². The molecule has 0 aromatic heterocycles. The number of carbonyl (C=O) groups is 2. The molecule has 0 saturated heterocycles. The third-order valence-corrected chi connectivity index (χ3v) is 13.5. The number of nitriles is 1. The average molecular weight is 579 g/mol. The van der Waals surface area contributed by atoms with E-state index in [2.05, 4.69) is 76.8 Å². The molecule has 4 nitrogen and oxygen atoms in total. The first-order chi connectivity index (χ1) is 20.0. The highest BCUT2D eigenvalue weighted by molar-refractivity contribution is 6.04. The smallest absolute Gasteiger partial charge is 0.178 e. The Hall–Kier alpha value is -2.93. The molecular formula is C39H50N2O2. The molecule has 1 aromatic carbocycles. The fourth-order valence-electron chi connectivity index (χ4n) is 11.1. The summed E-state index contributed by atoms with van der Waals surface area (Å²) in [7, 11) is 0. The van der Waals surface area contributed by atoms with Crippen molar-refractivity contribution in [3.05, 3.63) is 71.5 Å². The summed E-state index contributed by atoms with van der Waals surface area (Å²) in [5.41, 5.74) is 2.20. The monoisotopic (exact) mass is 578 g/mol. The topological polar surface area (TPSA) is 70.0 Å². The van der Waals surface area contributed by atoms with Crippen LogP contribution >= 0.6 is 0 Å². The second-order valence-electron chi connectivity index (χ2n) is 16.8. The van der Waals surface area contributed by atoms with Crippen molar-refractivity contribution in [2.45, 2.75) is 105 Å². The van der Waals surface area contributed by atoms with Crippen LogP contribution in [0.25, 0.3) is 0 Å². The third-order valence-electron chi connectivity index (χ3n) is 13.5. The highest BCUT2D eigenvalue weighted by Crippen LogP contribution is 2.73. The number of fused-ring (bicyclic) bond motifs is 7. The van der Waals surface area contributed by atoms with Crippen LogP contribution in [0.2, 0.25) is 0 Å². The van der Waals surface area contributed by atoms with E-state index in [4.69, 9.17) is 0 Å². The van der Waals surface area contributed by atoms with Gasteiger partial charge in [-0.25, -0.2) is 0 Å². The summed E-state index contributed by atoms with van der Waals surface area (Å²) in [6.07, 6.45) is 11.8. The number of hydrogen-bond donors (Lipinski definition) is 1. The number of Topliss-reactive ketones (excluding diaryl/α,β-unsaturated/α-hetero) is 1. The Labute approximate surface area is 259 Å². The van der Waals surface area contributed by atoms with Gasteiger partial charge in [0, 0.05) is 34.4 Å². The van der Waals surface area contributed by atoms with E-state index in [1.807, 2.05) is 32.1 Å². The summed E-state index contributed by atoms with van der Waals surface area (Å²) in [5, 5.41) is 14.0. The van der Waals surface area contributed by atoms with Crippen LogP contribution in [0.4, 0.5) is 0 Å². The van der Waals surface area contributed by atoms with Gasteiger partial charge in [-0.3, -0.25) is 9.59 Å². The van der Waals surface area contributed by atoms with Crippen molar-refractivity contribution < 1.29 is 9.59 Å². The van der Waals surface area contributed by atoms with Crippen LogP contribution in [0.5, 0.6) is 0 Å². The summed E-state index contributed by atoms with van der Waals surface area (Å²) < 4.78 is 0. The van der Waals surface area contributed by atoms with Crippen molar-refractivity contribution in [1.82, 2.24) is 5.32 Å². The van der Waals surface area contributed by atoms with Gasteiger partial charge in [0.05, 0.1) is 5.57 Å². The molecule has 1 aromatic rings. The maximum atomic E-state index is 14.7. The maximum Gasteiger partial charge on any atom is 0.178 e. The van der Waals surface area contributed by atoms with Crippen molar-refractivity contribution in [2.75, 3.05) is 0 Å². The molecule has 0 amide bonds. The molecule has 1 N–H and O–H groups in total. The lowest BCUT2D eigenvalue weighted by Crippen LogP contribution is -2.69. The van der Waals surface area contributed by atoms with E-state index in [0.717, 1.165) is 62.6 Å². The number of allylic oxidation sites excluding steroid dienone is 5. The van der Waals surface area contributed by atoms with Gasteiger partial charge in [-0.05, 0) is 84.7 Å². The number of ketones is 2. The number of nitrogens with one attached hydrogen (secondary N) is 1. The van der Waals surface area contributed by atoms with E-state index in [1.54, 1.807) is 0 Å². The molecule has 2 unspecified atom stereocenters. The average Bonchev–Trinajstić information content (AvgIpc) is 2.93. The van der Waals surface area contributed by atoms with Crippen molar-refractivity contribution in [2.24, 2.45) is 44.8 Å². The normalized spacial score (nSPS) is 40.8. The molecule has 7 atom stereocenters. The number of benzene rings is 1. The fourth-order valence-corrected chi connectivity index (χ4v) is 11.1. The van der Waals surface area contributed by atoms with E-state index in [-0.39, 0.29) is 56.7 Å². The quantitative estimate of drug-likeness (QED) is 0.390. The Balaban J connectivity index is 1.43. The Morgan fingerprint density at radius 3 is 2.33 bits per heavy atom. The second-order valence-corrected chi connectivity index (χ2v) is 16.8. The first-order valence-corrected chi connectivity index (χ1v) is 16.5. The summed E-state index contributed by atoms with van der Waals surface area (Å²) in [5.74, 6) is 0.396.